The number of nitrogens with zero attached hydrogens (tertiary/aromatic N) is 2. The van der Waals surface area contributed by atoms with Gasteiger partial charge in [0, 0.05) is 25.5 Å². The van der Waals surface area contributed by atoms with Gasteiger partial charge in [-0.05, 0) is 37.0 Å². The summed E-state index contributed by atoms with van der Waals surface area (Å²) in [5.74, 6) is 0.559. The van der Waals surface area contributed by atoms with E-state index in [-0.39, 0.29) is 24.0 Å². The van der Waals surface area contributed by atoms with E-state index in [1.807, 2.05) is 12.4 Å². The fraction of sp³-hybridized carbons (Fsp3) is 0.600. The third kappa shape index (κ3) is 8.35. The van der Waals surface area contributed by atoms with Crippen molar-refractivity contribution in [2.24, 2.45) is 10.7 Å². The van der Waals surface area contributed by atoms with Crippen LogP contribution in [0.5, 0.6) is 0 Å². The topological polar surface area (TPSA) is 63.3 Å². The molecule has 4 nitrogen and oxygen atoms in total. The Morgan fingerprint density at radius 1 is 1.35 bits per heavy atom. The average Bonchev–Trinajstić information content (AvgIpc) is 2.41. The molecule has 1 rings (SSSR count). The van der Waals surface area contributed by atoms with Gasteiger partial charge in [-0.25, -0.2) is 0 Å². The Bertz CT molecular complexity index is 393. The van der Waals surface area contributed by atoms with E-state index in [1.165, 1.54) is 30.4 Å². The van der Waals surface area contributed by atoms with Crippen molar-refractivity contribution in [1.82, 2.24) is 10.3 Å². The van der Waals surface area contributed by atoms with Crippen molar-refractivity contribution in [3.8, 4) is 0 Å². The van der Waals surface area contributed by atoms with Gasteiger partial charge in [0.25, 0.3) is 0 Å². The van der Waals surface area contributed by atoms with Gasteiger partial charge in [0.05, 0.1) is 0 Å². The summed E-state index contributed by atoms with van der Waals surface area (Å²) in [5, 5.41) is 3.16. The number of nitrogens with one attached hydrogen (secondary N) is 1. The number of rotatable bonds is 8. The molecule has 20 heavy (non-hydrogen) atoms. The lowest BCUT2D eigenvalue weighted by atomic mass is 10.1. The van der Waals surface area contributed by atoms with Crippen LogP contribution >= 0.6 is 24.0 Å². The number of nitrogens with two attached hydrogens (primary N) is 1. The molecule has 0 fully saturated rings. The van der Waals surface area contributed by atoms with Crippen LogP contribution in [0.3, 0.4) is 0 Å². The number of hydrogen-bond acceptors (Lipinski definition) is 2. The maximum atomic E-state index is 5.82. The van der Waals surface area contributed by atoms with Crippen molar-refractivity contribution in [2.45, 2.75) is 46.0 Å². The zero-order chi connectivity index (χ0) is 13.9. The Morgan fingerprint density at radius 3 is 2.85 bits per heavy atom. The standard InChI is InChI=1S/C15H26N4.HI/c1-3-4-5-6-9-18-15(16)19-11-8-14-7-10-17-12-13(14)2;/h7,10,12H,3-6,8-9,11H2,1-2H3,(H3,16,18,19);1H. The molecular formula is C15H27IN4. The van der Waals surface area contributed by atoms with E-state index in [0.29, 0.717) is 5.96 Å². The number of hydrogen-bond donors (Lipinski definition) is 2. The van der Waals surface area contributed by atoms with Crippen LogP contribution in [0.4, 0.5) is 0 Å². The van der Waals surface area contributed by atoms with E-state index in [0.717, 1.165) is 25.9 Å². The van der Waals surface area contributed by atoms with E-state index < -0.39 is 0 Å². The average molecular weight is 390 g/mol. The van der Waals surface area contributed by atoms with Gasteiger partial charge in [-0.3, -0.25) is 9.98 Å². The normalized spacial score (nSPS) is 11.0. The molecule has 1 aromatic heterocycles. The summed E-state index contributed by atoms with van der Waals surface area (Å²) in [6, 6.07) is 2.05. The van der Waals surface area contributed by atoms with Crippen molar-refractivity contribution in [2.75, 3.05) is 13.1 Å². The number of guanidine groups is 1. The van der Waals surface area contributed by atoms with Gasteiger partial charge in [0.1, 0.15) is 0 Å². The smallest absolute Gasteiger partial charge is 0.188 e. The van der Waals surface area contributed by atoms with Gasteiger partial charge in [0.15, 0.2) is 5.96 Å². The highest BCUT2D eigenvalue weighted by molar-refractivity contribution is 14.0. The molecule has 0 amide bonds. The molecule has 3 N–H and O–H groups in total. The van der Waals surface area contributed by atoms with E-state index in [1.54, 1.807) is 0 Å². The predicted molar refractivity (Wildman–Crippen MR) is 96.7 cm³/mol. The number of aromatic nitrogens is 1. The third-order valence-electron chi connectivity index (χ3n) is 3.13. The molecular weight excluding hydrogens is 363 g/mol. The predicted octanol–water partition coefficient (Wildman–Crippen LogP) is 3.04. The SMILES string of the molecule is CCCCCCN=C(N)NCCc1ccncc1C.I. The van der Waals surface area contributed by atoms with Crippen LogP contribution in [0.25, 0.3) is 0 Å². The van der Waals surface area contributed by atoms with Crippen molar-refractivity contribution in [3.05, 3.63) is 29.6 Å². The van der Waals surface area contributed by atoms with Gasteiger partial charge in [-0.2, -0.15) is 0 Å². The molecule has 0 spiro atoms. The number of unbranched alkanes of at least 4 members (excludes halogenated alkanes) is 3. The lowest BCUT2D eigenvalue weighted by Gasteiger charge is -2.07. The fourth-order valence-electron chi connectivity index (χ4n) is 1.90. The molecule has 0 aromatic carbocycles. The molecule has 0 bridgehead atoms. The van der Waals surface area contributed by atoms with Crippen molar-refractivity contribution >= 4 is 29.9 Å². The van der Waals surface area contributed by atoms with Crippen LogP contribution in [-0.4, -0.2) is 24.0 Å². The highest BCUT2D eigenvalue weighted by Crippen LogP contribution is 2.04. The molecule has 5 heteroatoms. The van der Waals surface area contributed by atoms with E-state index in [9.17, 15) is 0 Å². The van der Waals surface area contributed by atoms with E-state index >= 15 is 0 Å². The summed E-state index contributed by atoms with van der Waals surface area (Å²) in [7, 11) is 0. The minimum Gasteiger partial charge on any atom is -0.370 e. The lowest BCUT2D eigenvalue weighted by Crippen LogP contribution is -2.33. The summed E-state index contributed by atoms with van der Waals surface area (Å²) in [6.07, 6.45) is 9.56. The molecule has 0 radical (unpaired) electrons. The molecule has 1 aromatic rings. The van der Waals surface area contributed by atoms with Crippen LogP contribution < -0.4 is 11.1 Å². The zero-order valence-electron chi connectivity index (χ0n) is 12.6. The number of pyridine rings is 1. The first-order valence-corrected chi connectivity index (χ1v) is 7.17. The molecule has 0 unspecified atom stereocenters. The number of halogens is 1. The van der Waals surface area contributed by atoms with Gasteiger partial charge in [0.2, 0.25) is 0 Å². The highest BCUT2D eigenvalue weighted by Gasteiger charge is 1.98. The van der Waals surface area contributed by atoms with Crippen molar-refractivity contribution < 1.29 is 0 Å². The monoisotopic (exact) mass is 390 g/mol. The van der Waals surface area contributed by atoms with Crippen LogP contribution in [0.2, 0.25) is 0 Å². The molecule has 114 valence electrons. The minimum atomic E-state index is 0. The Labute approximate surface area is 139 Å². The zero-order valence-corrected chi connectivity index (χ0v) is 14.9. The Morgan fingerprint density at radius 2 is 2.15 bits per heavy atom. The van der Waals surface area contributed by atoms with Gasteiger partial charge in [-0.15, -0.1) is 24.0 Å². The molecule has 0 saturated heterocycles. The summed E-state index contributed by atoms with van der Waals surface area (Å²) >= 11 is 0. The van der Waals surface area contributed by atoms with Crippen LogP contribution in [0.15, 0.2) is 23.5 Å². The summed E-state index contributed by atoms with van der Waals surface area (Å²) in [6.45, 7) is 5.93. The number of aliphatic imine (C=N–C) groups is 1. The van der Waals surface area contributed by atoms with Gasteiger partial charge < -0.3 is 11.1 Å². The summed E-state index contributed by atoms with van der Waals surface area (Å²) < 4.78 is 0. The summed E-state index contributed by atoms with van der Waals surface area (Å²) in [4.78, 5) is 8.40. The second-order valence-corrected chi connectivity index (χ2v) is 4.81. The second kappa shape index (κ2) is 11.9. The molecule has 0 aliphatic carbocycles. The van der Waals surface area contributed by atoms with E-state index in [2.05, 4.69) is 35.2 Å². The largest absolute Gasteiger partial charge is 0.370 e. The molecule has 0 aliphatic heterocycles. The van der Waals surface area contributed by atoms with Crippen molar-refractivity contribution in [3.63, 3.8) is 0 Å². The molecule has 1 heterocycles. The quantitative estimate of drug-likeness (QED) is 0.310. The number of aryl methyl sites for hydroxylation is 1. The van der Waals surface area contributed by atoms with Crippen LogP contribution in [0, 0.1) is 6.92 Å². The maximum absolute atomic E-state index is 5.82. The van der Waals surface area contributed by atoms with Gasteiger partial charge >= 0.3 is 0 Å². The Hall–Kier alpha value is -0.850. The molecule has 0 atom stereocenters. The fourth-order valence-corrected chi connectivity index (χ4v) is 1.90. The van der Waals surface area contributed by atoms with E-state index in [4.69, 9.17) is 5.73 Å². The van der Waals surface area contributed by atoms with Crippen LogP contribution in [0.1, 0.15) is 43.7 Å². The third-order valence-corrected chi connectivity index (χ3v) is 3.13. The maximum Gasteiger partial charge on any atom is 0.188 e. The first-order chi connectivity index (χ1) is 9.24. The van der Waals surface area contributed by atoms with Gasteiger partial charge in [-0.1, -0.05) is 26.2 Å². The Kier molecular flexibility index (Phi) is 11.4. The van der Waals surface area contributed by atoms with Crippen molar-refractivity contribution in [1.29, 1.82) is 0 Å². The molecule has 0 aliphatic rings. The summed E-state index contributed by atoms with van der Waals surface area (Å²) in [5.41, 5.74) is 8.34. The first-order valence-electron chi connectivity index (χ1n) is 7.17. The van der Waals surface area contributed by atoms with Crippen LogP contribution in [-0.2, 0) is 6.42 Å². The first kappa shape index (κ1) is 19.1. The lowest BCUT2D eigenvalue weighted by molar-refractivity contribution is 0.673. The highest BCUT2D eigenvalue weighted by atomic mass is 127. The Balaban J connectivity index is 0.00000361. The molecule has 0 saturated carbocycles. The second-order valence-electron chi connectivity index (χ2n) is 4.81. The minimum absolute atomic E-state index is 0.